The highest BCUT2D eigenvalue weighted by Gasteiger charge is 2.28. The van der Waals surface area contributed by atoms with Crippen LogP contribution in [0.1, 0.15) is 11.4 Å². The van der Waals surface area contributed by atoms with Crippen molar-refractivity contribution in [3.8, 4) is 0 Å². The quantitative estimate of drug-likeness (QED) is 0.678. The van der Waals surface area contributed by atoms with E-state index < -0.39 is 5.97 Å². The number of aromatic amines is 1. The maximum absolute atomic E-state index is 12.1. The SMILES string of the molecule is COC(=O)CN(C)C(=O)C1Cc2nc[nH]c2CN1. The molecule has 7 nitrogen and oxygen atoms in total. The molecule has 0 spiro atoms. The average molecular weight is 252 g/mol. The summed E-state index contributed by atoms with van der Waals surface area (Å²) in [6.45, 7) is 0.540. The summed E-state index contributed by atoms with van der Waals surface area (Å²) in [6.07, 6.45) is 2.15. The highest BCUT2D eigenvalue weighted by atomic mass is 16.5. The average Bonchev–Trinajstić information content (AvgIpc) is 2.84. The molecule has 0 bridgehead atoms. The van der Waals surface area contributed by atoms with E-state index in [1.165, 1.54) is 12.0 Å². The minimum atomic E-state index is -0.429. The molecule has 2 heterocycles. The van der Waals surface area contributed by atoms with E-state index in [-0.39, 0.29) is 18.5 Å². The van der Waals surface area contributed by atoms with Crippen LogP contribution < -0.4 is 5.32 Å². The van der Waals surface area contributed by atoms with Crippen molar-refractivity contribution in [2.45, 2.75) is 19.0 Å². The number of fused-ring (bicyclic) bond motifs is 1. The number of methoxy groups -OCH3 is 1. The lowest BCUT2D eigenvalue weighted by Crippen LogP contribution is -2.49. The second-order valence-corrected chi connectivity index (χ2v) is 4.24. The third-order valence-electron chi connectivity index (χ3n) is 3.00. The molecule has 1 amide bonds. The molecule has 0 fully saturated rings. The van der Waals surface area contributed by atoms with Crippen molar-refractivity contribution in [1.82, 2.24) is 20.2 Å². The molecule has 0 saturated carbocycles. The maximum atomic E-state index is 12.1. The number of esters is 1. The van der Waals surface area contributed by atoms with E-state index in [2.05, 4.69) is 20.0 Å². The summed E-state index contributed by atoms with van der Waals surface area (Å²) in [4.78, 5) is 31.8. The van der Waals surface area contributed by atoms with Crippen molar-refractivity contribution in [3.05, 3.63) is 17.7 Å². The van der Waals surface area contributed by atoms with E-state index in [4.69, 9.17) is 0 Å². The van der Waals surface area contributed by atoms with Crippen LogP contribution in [0.4, 0.5) is 0 Å². The zero-order valence-electron chi connectivity index (χ0n) is 10.4. The number of H-pyrrole nitrogens is 1. The number of carbonyl (C=O) groups excluding carboxylic acids is 2. The number of imidazole rings is 1. The van der Waals surface area contributed by atoms with Crippen LogP contribution in [0.2, 0.25) is 0 Å². The van der Waals surface area contributed by atoms with Crippen molar-refractivity contribution in [2.75, 3.05) is 20.7 Å². The van der Waals surface area contributed by atoms with Crippen molar-refractivity contribution in [3.63, 3.8) is 0 Å². The Kier molecular flexibility index (Phi) is 3.61. The Balaban J connectivity index is 1.96. The molecule has 0 saturated heterocycles. The molecule has 1 aromatic heterocycles. The summed E-state index contributed by atoms with van der Waals surface area (Å²) >= 11 is 0. The van der Waals surface area contributed by atoms with Crippen LogP contribution in [0.3, 0.4) is 0 Å². The highest BCUT2D eigenvalue weighted by Crippen LogP contribution is 2.13. The number of nitrogens with one attached hydrogen (secondary N) is 2. The number of hydrogen-bond donors (Lipinski definition) is 2. The molecule has 1 unspecified atom stereocenters. The zero-order valence-corrected chi connectivity index (χ0v) is 10.4. The number of hydrogen-bond acceptors (Lipinski definition) is 5. The summed E-state index contributed by atoms with van der Waals surface area (Å²) in [6, 6.07) is -0.338. The number of amides is 1. The fourth-order valence-electron chi connectivity index (χ4n) is 1.95. The van der Waals surface area contributed by atoms with Gasteiger partial charge in [-0.3, -0.25) is 14.9 Å². The zero-order chi connectivity index (χ0) is 13.1. The van der Waals surface area contributed by atoms with E-state index in [0.29, 0.717) is 13.0 Å². The minimum Gasteiger partial charge on any atom is -0.468 e. The number of aromatic nitrogens is 2. The van der Waals surface area contributed by atoms with E-state index in [0.717, 1.165) is 11.4 Å². The smallest absolute Gasteiger partial charge is 0.325 e. The summed E-state index contributed by atoms with van der Waals surface area (Å²) in [5, 5.41) is 3.12. The first-order valence-corrected chi connectivity index (χ1v) is 5.68. The lowest BCUT2D eigenvalue weighted by atomic mass is 10.0. The summed E-state index contributed by atoms with van der Waals surface area (Å²) < 4.78 is 4.53. The Hall–Kier alpha value is -1.89. The molecule has 2 rings (SSSR count). The van der Waals surface area contributed by atoms with Crippen LogP contribution >= 0.6 is 0 Å². The molecule has 1 atom stereocenters. The van der Waals surface area contributed by atoms with Crippen molar-refractivity contribution >= 4 is 11.9 Å². The second-order valence-electron chi connectivity index (χ2n) is 4.24. The maximum Gasteiger partial charge on any atom is 0.325 e. The van der Waals surface area contributed by atoms with Gasteiger partial charge in [0, 0.05) is 20.0 Å². The molecule has 1 aromatic rings. The lowest BCUT2D eigenvalue weighted by molar-refractivity contribution is -0.146. The third kappa shape index (κ3) is 2.51. The Labute approximate surface area is 105 Å². The summed E-state index contributed by atoms with van der Waals surface area (Å²) in [5.41, 5.74) is 1.91. The topological polar surface area (TPSA) is 87.3 Å². The van der Waals surface area contributed by atoms with Crippen LogP contribution in [0.15, 0.2) is 6.33 Å². The van der Waals surface area contributed by atoms with Gasteiger partial charge in [-0.25, -0.2) is 4.98 Å². The van der Waals surface area contributed by atoms with Crippen LogP contribution in [0.5, 0.6) is 0 Å². The van der Waals surface area contributed by atoms with Gasteiger partial charge in [-0.15, -0.1) is 0 Å². The first-order chi connectivity index (χ1) is 8.61. The van der Waals surface area contributed by atoms with Gasteiger partial charge in [-0.05, 0) is 0 Å². The highest BCUT2D eigenvalue weighted by molar-refractivity contribution is 5.85. The van der Waals surface area contributed by atoms with Gasteiger partial charge in [0.1, 0.15) is 6.54 Å². The molecule has 1 aliphatic rings. The monoisotopic (exact) mass is 252 g/mol. The second kappa shape index (κ2) is 5.18. The van der Waals surface area contributed by atoms with Crippen molar-refractivity contribution in [2.24, 2.45) is 0 Å². The molecule has 18 heavy (non-hydrogen) atoms. The van der Waals surface area contributed by atoms with E-state index in [9.17, 15) is 9.59 Å². The molecule has 98 valence electrons. The van der Waals surface area contributed by atoms with Gasteiger partial charge >= 0.3 is 5.97 Å². The lowest BCUT2D eigenvalue weighted by Gasteiger charge is -2.26. The molecule has 0 aliphatic carbocycles. The molecule has 1 aliphatic heterocycles. The first-order valence-electron chi connectivity index (χ1n) is 5.68. The predicted octanol–water partition coefficient (Wildman–Crippen LogP) is -0.945. The van der Waals surface area contributed by atoms with Gasteiger partial charge in [-0.2, -0.15) is 0 Å². The first kappa shape index (κ1) is 12.6. The normalized spacial score (nSPS) is 18.0. The Morgan fingerprint density at radius 2 is 2.39 bits per heavy atom. The van der Waals surface area contributed by atoms with E-state index in [1.54, 1.807) is 13.4 Å². The van der Waals surface area contributed by atoms with Crippen LogP contribution in [0.25, 0.3) is 0 Å². The van der Waals surface area contributed by atoms with Gasteiger partial charge in [0.15, 0.2) is 0 Å². The van der Waals surface area contributed by atoms with Crippen LogP contribution in [0, 0.1) is 0 Å². The van der Waals surface area contributed by atoms with Crippen LogP contribution in [-0.4, -0.2) is 53.5 Å². The largest absolute Gasteiger partial charge is 0.468 e. The van der Waals surface area contributed by atoms with Crippen molar-refractivity contribution < 1.29 is 14.3 Å². The van der Waals surface area contributed by atoms with Gasteiger partial charge < -0.3 is 14.6 Å². The van der Waals surface area contributed by atoms with Gasteiger partial charge in [0.25, 0.3) is 0 Å². The minimum absolute atomic E-state index is 0.0407. The number of nitrogens with zero attached hydrogens (tertiary/aromatic N) is 2. The molecule has 2 N–H and O–H groups in total. The molecule has 0 radical (unpaired) electrons. The number of rotatable bonds is 3. The molecule has 0 aromatic carbocycles. The number of carbonyl (C=O) groups is 2. The summed E-state index contributed by atoms with van der Waals surface area (Å²) in [5.74, 6) is -0.559. The van der Waals surface area contributed by atoms with Crippen LogP contribution in [-0.2, 0) is 27.3 Å². The fourth-order valence-corrected chi connectivity index (χ4v) is 1.95. The fraction of sp³-hybridized carbons (Fsp3) is 0.545. The Morgan fingerprint density at radius 3 is 3.11 bits per heavy atom. The molecule has 7 heteroatoms. The van der Waals surface area contributed by atoms with Gasteiger partial charge in [0.2, 0.25) is 5.91 Å². The number of ether oxygens (including phenoxy) is 1. The summed E-state index contributed by atoms with van der Waals surface area (Å²) in [7, 11) is 2.89. The number of likely N-dealkylation sites (N-methyl/N-ethyl adjacent to an activating group) is 1. The van der Waals surface area contributed by atoms with E-state index in [1.807, 2.05) is 0 Å². The predicted molar refractivity (Wildman–Crippen MR) is 62.6 cm³/mol. The molecular weight excluding hydrogens is 236 g/mol. The standard InChI is InChI=1S/C11H16N4O3/c1-15(5-10(16)18-2)11(17)8-3-7-9(4-12-8)14-6-13-7/h6,8,12H,3-5H2,1-2H3,(H,13,14). The Morgan fingerprint density at radius 1 is 1.61 bits per heavy atom. The molecular formula is C11H16N4O3. The van der Waals surface area contributed by atoms with Crippen molar-refractivity contribution in [1.29, 1.82) is 0 Å². The van der Waals surface area contributed by atoms with E-state index >= 15 is 0 Å². The van der Waals surface area contributed by atoms with Gasteiger partial charge in [-0.1, -0.05) is 0 Å². The third-order valence-corrected chi connectivity index (χ3v) is 3.00. The van der Waals surface area contributed by atoms with Gasteiger partial charge in [0.05, 0.1) is 30.9 Å². The Bertz CT molecular complexity index is 457.